The predicted molar refractivity (Wildman–Crippen MR) is 99.7 cm³/mol. The maximum absolute atomic E-state index is 12.9. The number of sulfonamides is 1. The summed E-state index contributed by atoms with van der Waals surface area (Å²) >= 11 is 0. The maximum Gasteiger partial charge on any atom is 0.338 e. The van der Waals surface area contributed by atoms with Crippen molar-refractivity contribution in [1.29, 1.82) is 0 Å². The van der Waals surface area contributed by atoms with Gasteiger partial charge in [0, 0.05) is 18.6 Å². The van der Waals surface area contributed by atoms with Gasteiger partial charge < -0.3 is 10.1 Å². The average Bonchev–Trinajstić information content (AvgIpc) is 3.46. The summed E-state index contributed by atoms with van der Waals surface area (Å²) in [6.07, 6.45) is 3.64. The first kappa shape index (κ1) is 19.8. The van der Waals surface area contributed by atoms with Crippen LogP contribution in [-0.2, 0) is 19.6 Å². The van der Waals surface area contributed by atoms with Crippen molar-refractivity contribution in [1.82, 2.24) is 9.62 Å². The Hall–Kier alpha value is -1.93. The van der Waals surface area contributed by atoms with Gasteiger partial charge in [-0.2, -0.15) is 4.31 Å². The van der Waals surface area contributed by atoms with Crippen LogP contribution < -0.4 is 5.32 Å². The van der Waals surface area contributed by atoms with E-state index in [0.29, 0.717) is 6.54 Å². The van der Waals surface area contributed by atoms with Gasteiger partial charge in [0.05, 0.1) is 10.5 Å². The molecule has 27 heavy (non-hydrogen) atoms. The Labute approximate surface area is 160 Å². The Balaban J connectivity index is 1.72. The third kappa shape index (κ3) is 4.68. The molecule has 1 heterocycles. The summed E-state index contributed by atoms with van der Waals surface area (Å²) in [6, 6.07) is 5.94. The number of nitrogens with one attached hydrogen (secondary N) is 1. The van der Waals surface area contributed by atoms with Crippen molar-refractivity contribution >= 4 is 21.9 Å². The van der Waals surface area contributed by atoms with Crippen molar-refractivity contribution in [3.05, 3.63) is 29.8 Å². The van der Waals surface area contributed by atoms with Crippen molar-refractivity contribution in [3.63, 3.8) is 0 Å². The Morgan fingerprint density at radius 3 is 2.63 bits per heavy atom. The second-order valence-electron chi connectivity index (χ2n) is 7.32. The smallest absolute Gasteiger partial charge is 0.338 e. The van der Waals surface area contributed by atoms with Crippen molar-refractivity contribution in [2.24, 2.45) is 0 Å². The number of rotatable bonds is 6. The van der Waals surface area contributed by atoms with Crippen LogP contribution in [0.5, 0.6) is 0 Å². The van der Waals surface area contributed by atoms with Crippen molar-refractivity contribution in [3.8, 4) is 0 Å². The Bertz CT molecular complexity index is 819. The van der Waals surface area contributed by atoms with Gasteiger partial charge in [-0.15, -0.1) is 0 Å². The first-order valence-electron chi connectivity index (χ1n) is 9.42. The third-order valence-electron chi connectivity index (χ3n) is 5.00. The summed E-state index contributed by atoms with van der Waals surface area (Å²) < 4.78 is 32.6. The Kier molecular flexibility index (Phi) is 5.86. The van der Waals surface area contributed by atoms with E-state index in [2.05, 4.69) is 5.32 Å². The van der Waals surface area contributed by atoms with E-state index in [0.717, 1.165) is 32.1 Å². The molecular weight excluding hydrogens is 368 g/mol. The molecule has 1 saturated heterocycles. The fraction of sp³-hybridized carbons (Fsp3) is 0.579. The van der Waals surface area contributed by atoms with Gasteiger partial charge in [-0.3, -0.25) is 4.79 Å². The number of nitrogens with zero attached hydrogens (tertiary/aromatic N) is 1. The third-order valence-corrected chi connectivity index (χ3v) is 7.00. The van der Waals surface area contributed by atoms with Gasteiger partial charge >= 0.3 is 5.97 Å². The monoisotopic (exact) mass is 394 g/mol. The molecule has 8 heteroatoms. The van der Waals surface area contributed by atoms with Crippen molar-refractivity contribution < 1.29 is 22.7 Å². The van der Waals surface area contributed by atoms with Crippen molar-refractivity contribution in [2.45, 2.75) is 69.0 Å². The lowest BCUT2D eigenvalue weighted by molar-refractivity contribution is -0.129. The van der Waals surface area contributed by atoms with Gasteiger partial charge in [0.2, 0.25) is 10.0 Å². The Morgan fingerprint density at radius 2 is 1.96 bits per heavy atom. The van der Waals surface area contributed by atoms with Gasteiger partial charge in [0.25, 0.3) is 5.91 Å². The zero-order valence-electron chi connectivity index (χ0n) is 15.7. The van der Waals surface area contributed by atoms with Crippen molar-refractivity contribution in [2.75, 3.05) is 6.54 Å². The highest BCUT2D eigenvalue weighted by Gasteiger charge is 2.32. The highest BCUT2D eigenvalue weighted by atomic mass is 32.2. The minimum Gasteiger partial charge on any atom is -0.449 e. The second kappa shape index (κ2) is 7.98. The minimum atomic E-state index is -3.67. The van der Waals surface area contributed by atoms with Gasteiger partial charge in [0.15, 0.2) is 6.10 Å². The maximum atomic E-state index is 12.9. The van der Waals surface area contributed by atoms with Gasteiger partial charge in [0.1, 0.15) is 0 Å². The first-order valence-corrected chi connectivity index (χ1v) is 10.9. The van der Waals surface area contributed by atoms with Crippen LogP contribution in [0.3, 0.4) is 0 Å². The molecule has 2 aliphatic rings. The number of carbonyl (C=O) groups is 2. The molecule has 1 aliphatic heterocycles. The van der Waals surface area contributed by atoms with Gasteiger partial charge in [-0.25, -0.2) is 13.2 Å². The molecule has 1 aromatic rings. The molecule has 0 aromatic heterocycles. The zero-order valence-corrected chi connectivity index (χ0v) is 16.5. The van der Waals surface area contributed by atoms with E-state index in [1.54, 1.807) is 0 Å². The van der Waals surface area contributed by atoms with Crippen LogP contribution in [0.4, 0.5) is 0 Å². The SMILES string of the molecule is C[C@H](OC(=O)c1cccc(S(=O)(=O)N2CCCC[C@@H]2C)c1)C(=O)NC1CC1. The molecule has 2 atom stereocenters. The molecular formula is C19H26N2O5S. The molecule has 1 saturated carbocycles. The highest BCUT2D eigenvalue weighted by Crippen LogP contribution is 2.26. The average molecular weight is 394 g/mol. The van der Waals surface area contributed by atoms with Crippen LogP contribution in [0.15, 0.2) is 29.2 Å². The standard InChI is InChI=1S/C19H26N2O5S/c1-13-6-3-4-11-21(13)27(24,25)17-8-5-7-15(12-17)19(23)26-14(2)18(22)20-16-9-10-16/h5,7-8,12-14,16H,3-4,6,9-11H2,1-2H3,(H,20,22)/t13-,14-/m0/s1. The van der Waals surface area contributed by atoms with E-state index in [9.17, 15) is 18.0 Å². The molecule has 0 bridgehead atoms. The first-order chi connectivity index (χ1) is 12.8. The number of ether oxygens (including phenoxy) is 1. The molecule has 2 fully saturated rings. The second-order valence-corrected chi connectivity index (χ2v) is 9.21. The number of benzene rings is 1. The van der Waals surface area contributed by atoms with Crippen LogP contribution in [0.1, 0.15) is 56.3 Å². The summed E-state index contributed by atoms with van der Waals surface area (Å²) in [5.74, 6) is -1.05. The fourth-order valence-electron chi connectivity index (χ4n) is 3.18. The van der Waals surface area contributed by atoms with Crippen LogP contribution >= 0.6 is 0 Å². The van der Waals surface area contributed by atoms with Crippen LogP contribution in [-0.4, -0.2) is 49.3 Å². The normalized spacial score (nSPS) is 22.1. The molecule has 7 nitrogen and oxygen atoms in total. The summed E-state index contributed by atoms with van der Waals surface area (Å²) in [4.78, 5) is 24.4. The molecule has 1 aliphatic carbocycles. The lowest BCUT2D eigenvalue weighted by Crippen LogP contribution is -2.42. The fourth-order valence-corrected chi connectivity index (χ4v) is 4.92. The molecule has 0 spiro atoms. The Morgan fingerprint density at radius 1 is 1.22 bits per heavy atom. The van der Waals surface area contributed by atoms with E-state index < -0.39 is 22.1 Å². The highest BCUT2D eigenvalue weighted by molar-refractivity contribution is 7.89. The molecule has 1 amide bonds. The van der Waals surface area contributed by atoms with Crippen LogP contribution in [0.2, 0.25) is 0 Å². The van der Waals surface area contributed by atoms with E-state index in [1.165, 1.54) is 35.5 Å². The number of hydrogen-bond donors (Lipinski definition) is 1. The number of hydrogen-bond acceptors (Lipinski definition) is 5. The van der Waals surface area contributed by atoms with Gasteiger partial charge in [-0.1, -0.05) is 12.5 Å². The summed E-state index contributed by atoms with van der Waals surface area (Å²) in [5, 5.41) is 2.78. The molecule has 148 valence electrons. The van der Waals surface area contributed by atoms with E-state index >= 15 is 0 Å². The van der Waals surface area contributed by atoms with Gasteiger partial charge in [-0.05, 0) is 57.7 Å². The molecule has 0 unspecified atom stereocenters. The molecule has 1 aromatic carbocycles. The zero-order chi connectivity index (χ0) is 19.6. The minimum absolute atomic E-state index is 0.0644. The summed E-state index contributed by atoms with van der Waals surface area (Å²) in [7, 11) is -3.67. The number of carbonyl (C=O) groups excluding carboxylic acids is 2. The lowest BCUT2D eigenvalue weighted by atomic mass is 10.1. The number of esters is 1. The number of amides is 1. The van der Waals surface area contributed by atoms with E-state index in [1.807, 2.05) is 6.92 Å². The molecule has 3 rings (SSSR count). The number of piperidine rings is 1. The topological polar surface area (TPSA) is 92.8 Å². The lowest BCUT2D eigenvalue weighted by Gasteiger charge is -2.32. The molecule has 0 radical (unpaired) electrons. The largest absolute Gasteiger partial charge is 0.449 e. The van der Waals surface area contributed by atoms with E-state index in [-0.39, 0.29) is 28.4 Å². The van der Waals surface area contributed by atoms with Crippen LogP contribution in [0.25, 0.3) is 0 Å². The summed E-state index contributed by atoms with van der Waals surface area (Å²) in [6.45, 7) is 3.89. The molecule has 1 N–H and O–H groups in total. The van der Waals surface area contributed by atoms with Crippen LogP contribution in [0, 0.1) is 0 Å². The van der Waals surface area contributed by atoms with E-state index in [4.69, 9.17) is 4.74 Å². The summed E-state index contributed by atoms with van der Waals surface area (Å²) in [5.41, 5.74) is 0.117. The quantitative estimate of drug-likeness (QED) is 0.746. The predicted octanol–water partition coefficient (Wildman–Crippen LogP) is 2.07.